The second-order valence-corrected chi connectivity index (χ2v) is 5.97. The van der Waals surface area contributed by atoms with E-state index in [1.807, 2.05) is 12.1 Å². The first-order valence-electron chi connectivity index (χ1n) is 6.64. The average molecular weight is 370 g/mol. The molecule has 1 aliphatic heterocycles. The number of rotatable bonds is 1. The molecule has 114 valence electrons. The third kappa shape index (κ3) is 2.75. The van der Waals surface area contributed by atoms with Crippen molar-refractivity contribution in [2.24, 2.45) is 0 Å². The molecule has 0 atom stereocenters. The van der Waals surface area contributed by atoms with Crippen molar-refractivity contribution in [2.45, 2.75) is 12.6 Å². The van der Waals surface area contributed by atoms with Crippen molar-refractivity contribution in [3.8, 4) is 0 Å². The molecule has 2 nitrogen and oxygen atoms in total. The summed E-state index contributed by atoms with van der Waals surface area (Å²) in [6.07, 6.45) is -3.76. The Labute approximate surface area is 133 Å². The molecule has 1 heterocycles. The molecule has 0 N–H and O–H groups in total. The number of hydrogen-bond acceptors (Lipinski definition) is 1. The maximum Gasteiger partial charge on any atom is 0.416 e. The summed E-state index contributed by atoms with van der Waals surface area (Å²) in [7, 11) is 0. The highest BCUT2D eigenvalue weighted by atomic mass is 79.9. The van der Waals surface area contributed by atoms with Gasteiger partial charge in [0.25, 0.3) is 5.91 Å². The van der Waals surface area contributed by atoms with Crippen molar-refractivity contribution in [2.75, 3.05) is 11.4 Å². The van der Waals surface area contributed by atoms with E-state index in [2.05, 4.69) is 15.9 Å². The summed E-state index contributed by atoms with van der Waals surface area (Å²) in [5.74, 6) is -0.410. The van der Waals surface area contributed by atoms with Crippen LogP contribution < -0.4 is 4.90 Å². The van der Waals surface area contributed by atoms with Gasteiger partial charge in [-0.25, -0.2) is 0 Å². The van der Waals surface area contributed by atoms with E-state index < -0.39 is 17.6 Å². The molecule has 6 heteroatoms. The first-order chi connectivity index (χ1) is 10.4. The lowest BCUT2D eigenvalue weighted by Gasteiger charge is -2.18. The molecule has 3 rings (SSSR count). The largest absolute Gasteiger partial charge is 0.416 e. The van der Waals surface area contributed by atoms with Crippen molar-refractivity contribution >= 4 is 27.5 Å². The van der Waals surface area contributed by atoms with Gasteiger partial charge in [-0.05, 0) is 48.4 Å². The fraction of sp³-hybridized carbons (Fsp3) is 0.188. The molecule has 0 unspecified atom stereocenters. The van der Waals surface area contributed by atoms with Gasteiger partial charge in [-0.15, -0.1) is 0 Å². The summed E-state index contributed by atoms with van der Waals surface area (Å²) in [5, 5.41) is 0. The van der Waals surface area contributed by atoms with E-state index in [-0.39, 0.29) is 5.56 Å². The summed E-state index contributed by atoms with van der Waals surface area (Å²) in [6.45, 7) is 0.473. The van der Waals surface area contributed by atoms with Crippen LogP contribution in [0.4, 0.5) is 18.9 Å². The number of nitrogens with zero attached hydrogens (tertiary/aromatic N) is 1. The van der Waals surface area contributed by atoms with Crippen LogP contribution in [0, 0.1) is 0 Å². The highest BCUT2D eigenvalue weighted by Gasteiger charge is 2.32. The third-order valence-electron chi connectivity index (χ3n) is 3.62. The molecule has 2 aromatic rings. The smallest absolute Gasteiger partial charge is 0.308 e. The Kier molecular flexibility index (Phi) is 3.72. The van der Waals surface area contributed by atoms with Gasteiger partial charge in [0.05, 0.1) is 5.56 Å². The molecule has 2 aromatic carbocycles. The lowest BCUT2D eigenvalue weighted by atomic mass is 10.1. The zero-order valence-electron chi connectivity index (χ0n) is 11.3. The van der Waals surface area contributed by atoms with E-state index in [0.29, 0.717) is 13.0 Å². The molecular weight excluding hydrogens is 359 g/mol. The fourth-order valence-corrected chi connectivity index (χ4v) is 2.97. The van der Waals surface area contributed by atoms with Crippen LogP contribution in [0.1, 0.15) is 21.5 Å². The molecule has 22 heavy (non-hydrogen) atoms. The van der Waals surface area contributed by atoms with Gasteiger partial charge in [0, 0.05) is 22.3 Å². The van der Waals surface area contributed by atoms with Crippen molar-refractivity contribution in [1.82, 2.24) is 0 Å². The lowest BCUT2D eigenvalue weighted by Crippen LogP contribution is -2.29. The van der Waals surface area contributed by atoms with E-state index in [4.69, 9.17) is 0 Å². The topological polar surface area (TPSA) is 20.3 Å². The Morgan fingerprint density at radius 1 is 1.14 bits per heavy atom. The Morgan fingerprint density at radius 3 is 2.64 bits per heavy atom. The van der Waals surface area contributed by atoms with Crippen LogP contribution in [0.2, 0.25) is 0 Å². The standard InChI is InChI=1S/C16H11BrF3NO/c17-13-4-5-14-10(9-13)6-7-21(14)15(22)11-2-1-3-12(8-11)16(18,19)20/h1-5,8-9H,6-7H2. The van der Waals surface area contributed by atoms with Gasteiger partial charge >= 0.3 is 6.18 Å². The SMILES string of the molecule is O=C(c1cccc(C(F)(F)F)c1)N1CCc2cc(Br)ccc21. The van der Waals surface area contributed by atoms with E-state index in [1.165, 1.54) is 17.0 Å². The summed E-state index contributed by atoms with van der Waals surface area (Å²) < 4.78 is 39.2. The molecule has 0 aromatic heterocycles. The molecule has 1 aliphatic rings. The van der Waals surface area contributed by atoms with Gasteiger partial charge in [0.2, 0.25) is 0 Å². The lowest BCUT2D eigenvalue weighted by molar-refractivity contribution is -0.137. The van der Waals surface area contributed by atoms with Crippen molar-refractivity contribution in [3.05, 3.63) is 63.6 Å². The first-order valence-corrected chi connectivity index (χ1v) is 7.43. The van der Waals surface area contributed by atoms with Crippen molar-refractivity contribution in [3.63, 3.8) is 0 Å². The Balaban J connectivity index is 1.94. The minimum Gasteiger partial charge on any atom is -0.308 e. The molecule has 0 radical (unpaired) electrons. The van der Waals surface area contributed by atoms with E-state index >= 15 is 0 Å². The fourth-order valence-electron chi connectivity index (χ4n) is 2.57. The normalized spacial score (nSPS) is 14.1. The molecule has 0 saturated carbocycles. The summed E-state index contributed by atoms with van der Waals surface area (Å²) in [4.78, 5) is 14.0. The van der Waals surface area contributed by atoms with E-state index in [1.54, 1.807) is 6.07 Å². The maximum atomic E-state index is 12.8. The quantitative estimate of drug-likeness (QED) is 0.715. The van der Waals surface area contributed by atoms with Gasteiger partial charge in [0.1, 0.15) is 0 Å². The molecular formula is C16H11BrF3NO. The van der Waals surface area contributed by atoms with Crippen LogP contribution in [0.15, 0.2) is 46.9 Å². The number of carbonyl (C=O) groups excluding carboxylic acids is 1. The number of amides is 1. The number of fused-ring (bicyclic) bond motifs is 1. The zero-order chi connectivity index (χ0) is 15.9. The van der Waals surface area contributed by atoms with Gasteiger partial charge in [0.15, 0.2) is 0 Å². The molecule has 1 amide bonds. The van der Waals surface area contributed by atoms with Gasteiger partial charge in [-0.1, -0.05) is 22.0 Å². The maximum absolute atomic E-state index is 12.8. The molecule has 0 saturated heterocycles. The first kappa shape index (κ1) is 15.1. The number of hydrogen-bond donors (Lipinski definition) is 0. The van der Waals surface area contributed by atoms with E-state index in [9.17, 15) is 18.0 Å². The average Bonchev–Trinajstić information content (AvgIpc) is 2.88. The second kappa shape index (κ2) is 5.43. The third-order valence-corrected chi connectivity index (χ3v) is 4.11. The second-order valence-electron chi connectivity index (χ2n) is 5.06. The summed E-state index contributed by atoms with van der Waals surface area (Å²) in [5.41, 5.74) is 1.000. The Bertz CT molecular complexity index is 742. The monoisotopic (exact) mass is 369 g/mol. The van der Waals surface area contributed by atoms with Crippen LogP contribution in [0.3, 0.4) is 0 Å². The number of alkyl halides is 3. The predicted octanol–water partition coefficient (Wildman–Crippen LogP) is 4.67. The molecule has 0 fully saturated rings. The summed E-state index contributed by atoms with van der Waals surface area (Å²) in [6, 6.07) is 10.1. The molecule has 0 bridgehead atoms. The van der Waals surface area contributed by atoms with Crippen molar-refractivity contribution < 1.29 is 18.0 Å². The van der Waals surface area contributed by atoms with Crippen LogP contribution in [0.5, 0.6) is 0 Å². The predicted molar refractivity (Wildman–Crippen MR) is 81.0 cm³/mol. The number of carbonyl (C=O) groups is 1. The zero-order valence-corrected chi connectivity index (χ0v) is 12.9. The number of benzene rings is 2. The Hall–Kier alpha value is -1.82. The van der Waals surface area contributed by atoms with Gasteiger partial charge in [-0.2, -0.15) is 13.2 Å². The van der Waals surface area contributed by atoms with E-state index in [0.717, 1.165) is 27.9 Å². The highest BCUT2D eigenvalue weighted by molar-refractivity contribution is 9.10. The highest BCUT2D eigenvalue weighted by Crippen LogP contribution is 2.33. The molecule has 0 aliphatic carbocycles. The Morgan fingerprint density at radius 2 is 1.91 bits per heavy atom. The molecule has 0 spiro atoms. The summed E-state index contributed by atoms with van der Waals surface area (Å²) >= 11 is 3.37. The number of anilines is 1. The van der Waals surface area contributed by atoms with Crippen LogP contribution in [-0.2, 0) is 12.6 Å². The van der Waals surface area contributed by atoms with Gasteiger partial charge in [-0.3, -0.25) is 4.79 Å². The van der Waals surface area contributed by atoms with Crippen LogP contribution in [0.25, 0.3) is 0 Å². The van der Waals surface area contributed by atoms with Crippen molar-refractivity contribution in [1.29, 1.82) is 0 Å². The number of halogens is 4. The van der Waals surface area contributed by atoms with Crippen LogP contribution in [-0.4, -0.2) is 12.5 Å². The van der Waals surface area contributed by atoms with Gasteiger partial charge < -0.3 is 4.90 Å². The minimum absolute atomic E-state index is 0.0468. The minimum atomic E-state index is -4.45. The van der Waals surface area contributed by atoms with Crippen LogP contribution >= 0.6 is 15.9 Å².